The number of halogens is 1. The van der Waals surface area contributed by atoms with Crippen LogP contribution in [0.4, 0.5) is 5.82 Å². The van der Waals surface area contributed by atoms with Gasteiger partial charge in [-0.15, -0.1) is 0 Å². The molecule has 0 N–H and O–H groups in total. The van der Waals surface area contributed by atoms with Crippen LogP contribution in [0.25, 0.3) is 0 Å². The first kappa shape index (κ1) is 14.5. The Morgan fingerprint density at radius 3 is 2.89 bits per heavy atom. The van der Waals surface area contributed by atoms with E-state index in [1.165, 1.54) is 0 Å². The third-order valence-electron chi connectivity index (χ3n) is 3.29. The fourth-order valence-electron chi connectivity index (χ4n) is 2.34. The minimum atomic E-state index is 0.409. The van der Waals surface area contributed by atoms with Crippen molar-refractivity contribution in [2.24, 2.45) is 0 Å². The maximum absolute atomic E-state index is 6.08. The van der Waals surface area contributed by atoms with Gasteiger partial charge in [0.05, 0.1) is 0 Å². The van der Waals surface area contributed by atoms with Crippen LogP contribution in [0, 0.1) is 0 Å². The van der Waals surface area contributed by atoms with Crippen LogP contribution in [0.15, 0.2) is 6.07 Å². The molecule has 0 saturated carbocycles. The van der Waals surface area contributed by atoms with Crippen LogP contribution < -0.4 is 4.90 Å². The molecule has 0 bridgehead atoms. The summed E-state index contributed by atoms with van der Waals surface area (Å²) in [7, 11) is 2.14. The Hall–Kier alpha value is -0.910. The van der Waals surface area contributed by atoms with Gasteiger partial charge in [0.1, 0.15) is 17.6 Å². The monoisotopic (exact) mass is 284 g/mol. The number of ether oxygens (including phenoxy) is 1. The van der Waals surface area contributed by atoms with Gasteiger partial charge in [0, 0.05) is 38.3 Å². The highest BCUT2D eigenvalue weighted by Gasteiger charge is 2.23. The summed E-state index contributed by atoms with van der Waals surface area (Å²) in [6, 6.07) is 2.25. The SMILES string of the molecule is CCOCc1nc(Cl)cc(N2CCN(C)CC2C)n1. The Labute approximate surface area is 119 Å². The Balaban J connectivity index is 2.16. The highest BCUT2D eigenvalue weighted by Crippen LogP contribution is 2.21. The molecule has 19 heavy (non-hydrogen) atoms. The Morgan fingerprint density at radius 1 is 1.42 bits per heavy atom. The van der Waals surface area contributed by atoms with Gasteiger partial charge in [-0.1, -0.05) is 11.6 Å². The zero-order valence-corrected chi connectivity index (χ0v) is 12.5. The summed E-state index contributed by atoms with van der Waals surface area (Å²) >= 11 is 6.08. The normalized spacial score (nSPS) is 20.8. The number of anilines is 1. The lowest BCUT2D eigenvalue weighted by Gasteiger charge is -2.39. The molecule has 2 heterocycles. The minimum Gasteiger partial charge on any atom is -0.374 e. The predicted octanol–water partition coefficient (Wildman–Crippen LogP) is 1.81. The molecule has 2 rings (SSSR count). The number of nitrogens with zero attached hydrogens (tertiary/aromatic N) is 4. The van der Waals surface area contributed by atoms with Gasteiger partial charge in [0.15, 0.2) is 5.82 Å². The predicted molar refractivity (Wildman–Crippen MR) is 76.7 cm³/mol. The second-order valence-electron chi connectivity index (χ2n) is 4.91. The number of piperazine rings is 1. The third-order valence-corrected chi connectivity index (χ3v) is 3.48. The lowest BCUT2D eigenvalue weighted by Crippen LogP contribution is -2.50. The van der Waals surface area contributed by atoms with E-state index in [9.17, 15) is 0 Å². The van der Waals surface area contributed by atoms with E-state index in [-0.39, 0.29) is 0 Å². The van der Waals surface area contributed by atoms with E-state index in [1.807, 2.05) is 13.0 Å². The van der Waals surface area contributed by atoms with Crippen molar-refractivity contribution in [1.82, 2.24) is 14.9 Å². The maximum Gasteiger partial charge on any atom is 0.158 e. The smallest absolute Gasteiger partial charge is 0.158 e. The molecule has 0 aromatic carbocycles. The van der Waals surface area contributed by atoms with Gasteiger partial charge in [-0.05, 0) is 20.9 Å². The summed E-state index contributed by atoms with van der Waals surface area (Å²) < 4.78 is 5.35. The summed E-state index contributed by atoms with van der Waals surface area (Å²) in [5.41, 5.74) is 0. The van der Waals surface area contributed by atoms with Crippen molar-refractivity contribution in [3.63, 3.8) is 0 Å². The molecule has 1 fully saturated rings. The number of likely N-dealkylation sites (N-methyl/N-ethyl adjacent to an activating group) is 1. The molecule has 1 atom stereocenters. The van der Waals surface area contributed by atoms with Crippen molar-refractivity contribution in [2.75, 3.05) is 38.2 Å². The van der Waals surface area contributed by atoms with Crippen LogP contribution >= 0.6 is 11.6 Å². The first-order chi connectivity index (χ1) is 9.10. The molecule has 1 aliphatic rings. The summed E-state index contributed by atoms with van der Waals surface area (Å²) in [5.74, 6) is 1.55. The fourth-order valence-corrected chi connectivity index (χ4v) is 2.53. The van der Waals surface area contributed by atoms with E-state index in [0.29, 0.717) is 30.2 Å². The second-order valence-corrected chi connectivity index (χ2v) is 5.29. The van der Waals surface area contributed by atoms with Gasteiger partial charge in [0.2, 0.25) is 0 Å². The molecule has 0 aliphatic carbocycles. The van der Waals surface area contributed by atoms with E-state index in [1.54, 1.807) is 0 Å². The summed E-state index contributed by atoms with van der Waals surface area (Å²) in [6.45, 7) is 8.23. The number of hydrogen-bond donors (Lipinski definition) is 0. The Kier molecular flexibility index (Phi) is 4.96. The molecule has 0 amide bonds. The van der Waals surface area contributed by atoms with Gasteiger partial charge in [-0.2, -0.15) is 0 Å². The van der Waals surface area contributed by atoms with Crippen LogP contribution in [0.3, 0.4) is 0 Å². The highest BCUT2D eigenvalue weighted by molar-refractivity contribution is 6.29. The van der Waals surface area contributed by atoms with Crippen molar-refractivity contribution in [2.45, 2.75) is 26.5 Å². The molecule has 1 aromatic heterocycles. The van der Waals surface area contributed by atoms with Crippen LogP contribution in [0.5, 0.6) is 0 Å². The van der Waals surface area contributed by atoms with Crippen molar-refractivity contribution >= 4 is 17.4 Å². The molecule has 0 radical (unpaired) electrons. The molecule has 106 valence electrons. The molecule has 0 spiro atoms. The molecule has 5 nitrogen and oxygen atoms in total. The molecule has 6 heteroatoms. The third kappa shape index (κ3) is 3.78. The summed E-state index contributed by atoms with van der Waals surface area (Å²) in [5, 5.41) is 0.478. The number of hydrogen-bond acceptors (Lipinski definition) is 5. The standard InChI is InChI=1S/C13H21ClN4O/c1-4-19-9-12-15-11(14)7-13(16-12)18-6-5-17(3)8-10(18)2/h7,10H,4-6,8-9H2,1-3H3. The minimum absolute atomic E-state index is 0.409. The lowest BCUT2D eigenvalue weighted by atomic mass is 10.2. The first-order valence-corrected chi connectivity index (χ1v) is 7.04. The molecule has 1 saturated heterocycles. The molecular weight excluding hydrogens is 264 g/mol. The highest BCUT2D eigenvalue weighted by atomic mass is 35.5. The van der Waals surface area contributed by atoms with Crippen molar-refractivity contribution in [1.29, 1.82) is 0 Å². The number of aromatic nitrogens is 2. The van der Waals surface area contributed by atoms with Crippen molar-refractivity contribution in [3.8, 4) is 0 Å². The van der Waals surface area contributed by atoms with E-state index in [4.69, 9.17) is 16.3 Å². The van der Waals surface area contributed by atoms with Crippen molar-refractivity contribution in [3.05, 3.63) is 17.0 Å². The summed E-state index contributed by atoms with van der Waals surface area (Å²) in [6.07, 6.45) is 0. The largest absolute Gasteiger partial charge is 0.374 e. The van der Waals surface area contributed by atoms with E-state index >= 15 is 0 Å². The van der Waals surface area contributed by atoms with Crippen LogP contribution in [-0.2, 0) is 11.3 Å². The zero-order valence-electron chi connectivity index (χ0n) is 11.8. The van der Waals surface area contributed by atoms with Crippen molar-refractivity contribution < 1.29 is 4.74 Å². The van der Waals surface area contributed by atoms with E-state index in [0.717, 1.165) is 25.5 Å². The van der Waals surface area contributed by atoms with Gasteiger partial charge in [0.25, 0.3) is 0 Å². The summed E-state index contributed by atoms with van der Waals surface area (Å²) in [4.78, 5) is 13.4. The van der Waals surface area contributed by atoms with E-state index < -0.39 is 0 Å². The van der Waals surface area contributed by atoms with Gasteiger partial charge in [-0.3, -0.25) is 0 Å². The average molecular weight is 285 g/mol. The van der Waals surface area contributed by atoms with E-state index in [2.05, 4.69) is 33.7 Å². The number of rotatable bonds is 4. The molecule has 1 aliphatic heterocycles. The van der Waals surface area contributed by atoms with Crippen LogP contribution in [0.1, 0.15) is 19.7 Å². The maximum atomic E-state index is 6.08. The lowest BCUT2D eigenvalue weighted by molar-refractivity contribution is 0.128. The zero-order chi connectivity index (χ0) is 13.8. The molecule has 1 aromatic rings. The van der Waals surface area contributed by atoms with Gasteiger partial charge < -0.3 is 14.5 Å². The molecule has 1 unspecified atom stereocenters. The topological polar surface area (TPSA) is 41.5 Å². The van der Waals surface area contributed by atoms with Gasteiger partial charge >= 0.3 is 0 Å². The quantitative estimate of drug-likeness (QED) is 0.789. The second kappa shape index (κ2) is 6.50. The first-order valence-electron chi connectivity index (χ1n) is 6.66. The Morgan fingerprint density at radius 2 is 2.21 bits per heavy atom. The fraction of sp³-hybridized carbons (Fsp3) is 0.692. The van der Waals surface area contributed by atoms with Crippen LogP contribution in [0.2, 0.25) is 5.15 Å². The average Bonchev–Trinajstić information content (AvgIpc) is 2.35. The Bertz CT molecular complexity index is 429. The molecular formula is C13H21ClN4O. The van der Waals surface area contributed by atoms with Gasteiger partial charge in [-0.25, -0.2) is 9.97 Å². The van der Waals surface area contributed by atoms with Crippen LogP contribution in [-0.4, -0.2) is 54.2 Å².